The smallest absolute Gasteiger partial charge is 0.152 e. The van der Waals surface area contributed by atoms with Crippen molar-refractivity contribution in [3.8, 4) is 0 Å². The highest BCUT2D eigenvalue weighted by Crippen LogP contribution is 2.29. The summed E-state index contributed by atoms with van der Waals surface area (Å²) in [6, 6.07) is 6.27. The molecule has 0 aliphatic heterocycles. The van der Waals surface area contributed by atoms with Crippen molar-refractivity contribution in [3.63, 3.8) is 0 Å². The van der Waals surface area contributed by atoms with E-state index in [-0.39, 0.29) is 5.82 Å². The van der Waals surface area contributed by atoms with E-state index >= 15 is 0 Å². The Labute approximate surface area is 140 Å². The molecule has 0 N–H and O–H groups in total. The van der Waals surface area contributed by atoms with E-state index in [1.807, 2.05) is 24.5 Å². The van der Waals surface area contributed by atoms with Crippen molar-refractivity contribution in [1.82, 2.24) is 4.57 Å². The normalized spacial score (nSPS) is 11.6. The topological polar surface area (TPSA) is 22.0 Å². The lowest BCUT2D eigenvalue weighted by molar-refractivity contribution is 0.112. The van der Waals surface area contributed by atoms with E-state index < -0.39 is 0 Å². The number of aromatic nitrogens is 1. The number of hydrogen-bond donors (Lipinski definition) is 0. The van der Waals surface area contributed by atoms with Gasteiger partial charge in [0.15, 0.2) is 6.29 Å². The number of nitrogens with zero attached hydrogens (tertiary/aromatic N) is 1. The lowest BCUT2D eigenvalue weighted by atomic mass is 10.1. The molecular weight excluding hydrogens is 313 g/mol. The van der Waals surface area contributed by atoms with Crippen LogP contribution in [0.5, 0.6) is 0 Å². The monoisotopic (exact) mass is 331 g/mol. The van der Waals surface area contributed by atoms with Gasteiger partial charge >= 0.3 is 0 Å². The van der Waals surface area contributed by atoms with Crippen LogP contribution in [-0.2, 0) is 13.0 Å². The minimum atomic E-state index is -0.266. The highest BCUT2D eigenvalue weighted by Gasteiger charge is 2.18. The summed E-state index contributed by atoms with van der Waals surface area (Å²) in [7, 11) is 0. The van der Waals surface area contributed by atoms with Crippen molar-refractivity contribution < 1.29 is 9.18 Å². The number of aldehydes is 1. The summed E-state index contributed by atoms with van der Waals surface area (Å²) in [4.78, 5) is 11.5. The molecule has 1 aromatic heterocycles. The first-order valence-corrected chi connectivity index (χ1v) is 7.73. The molecule has 120 valence electrons. The Balaban J connectivity index is 2.40. The van der Waals surface area contributed by atoms with Gasteiger partial charge < -0.3 is 4.57 Å². The molecule has 0 saturated heterocycles. The first-order chi connectivity index (χ1) is 11.0. The van der Waals surface area contributed by atoms with E-state index in [0.29, 0.717) is 29.3 Å². The van der Waals surface area contributed by atoms with E-state index in [4.69, 9.17) is 11.6 Å². The van der Waals surface area contributed by atoms with Gasteiger partial charge in [-0.05, 0) is 43.5 Å². The van der Waals surface area contributed by atoms with E-state index in [1.54, 1.807) is 18.2 Å². The summed E-state index contributed by atoms with van der Waals surface area (Å²) in [6.07, 6.45) is 5.02. The predicted octanol–water partition coefficient (Wildman–Crippen LogP) is 5.06. The van der Waals surface area contributed by atoms with Gasteiger partial charge in [-0.25, -0.2) is 4.39 Å². The molecule has 2 nitrogen and oxygen atoms in total. The van der Waals surface area contributed by atoms with Crippen LogP contribution in [0.15, 0.2) is 43.0 Å². The van der Waals surface area contributed by atoms with Crippen LogP contribution in [0.25, 0.3) is 5.03 Å². The Morgan fingerprint density at radius 2 is 1.96 bits per heavy atom. The number of carbonyl (C=O) groups excluding carboxylic acids is 1. The maximum atomic E-state index is 12.9. The van der Waals surface area contributed by atoms with E-state index in [9.17, 15) is 9.18 Å². The predicted molar refractivity (Wildman–Crippen MR) is 93.4 cm³/mol. The molecule has 0 aliphatic carbocycles. The fourth-order valence-corrected chi connectivity index (χ4v) is 2.85. The number of benzene rings is 1. The number of hydrogen-bond acceptors (Lipinski definition) is 1. The molecule has 0 aliphatic rings. The molecule has 1 aromatic carbocycles. The van der Waals surface area contributed by atoms with Crippen molar-refractivity contribution in [2.75, 3.05) is 0 Å². The summed E-state index contributed by atoms with van der Waals surface area (Å²) >= 11 is 6.47. The fraction of sp³-hybridized carbons (Fsp3) is 0.211. The van der Waals surface area contributed by atoms with Gasteiger partial charge in [0.25, 0.3) is 0 Å². The average Bonchev–Trinajstić information content (AvgIpc) is 2.79. The van der Waals surface area contributed by atoms with Gasteiger partial charge in [0.1, 0.15) is 5.82 Å². The van der Waals surface area contributed by atoms with Crippen LogP contribution in [0.1, 0.15) is 32.9 Å². The first kappa shape index (κ1) is 17.2. The fourth-order valence-electron chi connectivity index (χ4n) is 2.57. The van der Waals surface area contributed by atoms with Crippen LogP contribution in [0.4, 0.5) is 4.39 Å². The standard InChI is InChI=1S/C19H19ClFNO/c1-4-11-22-14(3)13(2)17(12-23)19(22)18(20)10-7-15-5-8-16(21)9-6-15/h4-6,8-10,12H,1,7,11H2,2-3H3. The Kier molecular flexibility index (Phi) is 5.56. The third kappa shape index (κ3) is 3.62. The Bertz CT molecular complexity index is 757. The number of carbonyl (C=O) groups is 1. The van der Waals surface area contributed by atoms with Crippen molar-refractivity contribution >= 4 is 22.9 Å². The molecule has 0 bridgehead atoms. The quantitative estimate of drug-likeness (QED) is 0.535. The molecule has 0 saturated carbocycles. The third-order valence-corrected chi connectivity index (χ3v) is 4.30. The van der Waals surface area contributed by atoms with Gasteiger partial charge in [-0.2, -0.15) is 0 Å². The summed E-state index contributed by atoms with van der Waals surface area (Å²) in [6.45, 7) is 8.20. The molecule has 0 unspecified atom stereocenters. The summed E-state index contributed by atoms with van der Waals surface area (Å²) in [5, 5.41) is 0.509. The molecule has 0 spiro atoms. The minimum absolute atomic E-state index is 0.266. The zero-order chi connectivity index (χ0) is 17.0. The highest BCUT2D eigenvalue weighted by atomic mass is 35.5. The number of allylic oxidation sites excluding steroid dienone is 2. The summed E-state index contributed by atoms with van der Waals surface area (Å²) in [5.74, 6) is -0.266. The largest absolute Gasteiger partial charge is 0.340 e. The Morgan fingerprint density at radius 3 is 2.52 bits per heavy atom. The third-order valence-electron chi connectivity index (χ3n) is 3.96. The maximum Gasteiger partial charge on any atom is 0.152 e. The zero-order valence-electron chi connectivity index (χ0n) is 13.3. The lowest BCUT2D eigenvalue weighted by Gasteiger charge is -2.09. The van der Waals surface area contributed by atoms with Gasteiger partial charge in [-0.3, -0.25) is 4.79 Å². The van der Waals surface area contributed by atoms with E-state index in [2.05, 4.69) is 6.58 Å². The molecule has 0 fully saturated rings. The minimum Gasteiger partial charge on any atom is -0.340 e. The van der Waals surface area contributed by atoms with Crippen molar-refractivity contribution in [3.05, 3.63) is 76.9 Å². The number of halogens is 2. The SMILES string of the molecule is C=CCn1c(C)c(C)c(C=O)c1C(Cl)=CCc1ccc(F)cc1. The molecule has 23 heavy (non-hydrogen) atoms. The van der Waals surface area contributed by atoms with Gasteiger partial charge in [0, 0.05) is 17.8 Å². The average molecular weight is 332 g/mol. The molecule has 2 aromatic rings. The number of rotatable bonds is 6. The van der Waals surface area contributed by atoms with Crippen molar-refractivity contribution in [2.45, 2.75) is 26.8 Å². The van der Waals surface area contributed by atoms with Crippen LogP contribution in [0.3, 0.4) is 0 Å². The molecule has 4 heteroatoms. The zero-order valence-corrected chi connectivity index (χ0v) is 14.0. The molecule has 0 radical (unpaired) electrons. The Hall–Kier alpha value is -2.13. The second-order valence-electron chi connectivity index (χ2n) is 5.37. The second kappa shape index (κ2) is 7.42. The molecule has 1 heterocycles. The van der Waals surface area contributed by atoms with E-state index in [1.165, 1.54) is 12.1 Å². The van der Waals surface area contributed by atoms with Crippen LogP contribution < -0.4 is 0 Å². The van der Waals surface area contributed by atoms with Crippen LogP contribution in [0, 0.1) is 19.7 Å². The lowest BCUT2D eigenvalue weighted by Crippen LogP contribution is -2.03. The molecular formula is C19H19ClFNO. The van der Waals surface area contributed by atoms with E-state index in [0.717, 1.165) is 23.1 Å². The molecule has 0 atom stereocenters. The van der Waals surface area contributed by atoms with Gasteiger partial charge in [-0.15, -0.1) is 6.58 Å². The highest BCUT2D eigenvalue weighted by molar-refractivity contribution is 6.49. The van der Waals surface area contributed by atoms with Gasteiger partial charge in [0.05, 0.1) is 10.7 Å². The van der Waals surface area contributed by atoms with Crippen LogP contribution in [-0.4, -0.2) is 10.9 Å². The second-order valence-corrected chi connectivity index (χ2v) is 5.78. The van der Waals surface area contributed by atoms with Gasteiger partial charge in [-0.1, -0.05) is 35.9 Å². The van der Waals surface area contributed by atoms with Crippen molar-refractivity contribution in [1.29, 1.82) is 0 Å². The molecule has 2 rings (SSSR count). The van der Waals surface area contributed by atoms with Crippen molar-refractivity contribution in [2.24, 2.45) is 0 Å². The maximum absolute atomic E-state index is 12.9. The Morgan fingerprint density at radius 1 is 1.30 bits per heavy atom. The molecule has 0 amide bonds. The van der Waals surface area contributed by atoms with Crippen LogP contribution in [0.2, 0.25) is 0 Å². The van der Waals surface area contributed by atoms with Crippen LogP contribution >= 0.6 is 11.6 Å². The first-order valence-electron chi connectivity index (χ1n) is 7.35. The summed E-state index contributed by atoms with van der Waals surface area (Å²) in [5.41, 5.74) is 4.18. The summed E-state index contributed by atoms with van der Waals surface area (Å²) < 4.78 is 14.9. The van der Waals surface area contributed by atoms with Gasteiger partial charge in [0.2, 0.25) is 0 Å².